The smallest absolute Gasteiger partial charge is 0.252 e. The van der Waals surface area contributed by atoms with Gasteiger partial charge < -0.3 is 15.6 Å². The minimum Gasteiger partial charge on any atom is -0.507 e. The molecule has 0 saturated carbocycles. The van der Waals surface area contributed by atoms with Gasteiger partial charge >= 0.3 is 0 Å². The number of hydrogen-bond donors (Lipinski definition) is 2. The normalized spacial score (nSPS) is 9.86. The van der Waals surface area contributed by atoms with E-state index >= 15 is 0 Å². The van der Waals surface area contributed by atoms with Crippen LogP contribution in [0, 0.1) is 0 Å². The maximum absolute atomic E-state index is 10.8. The summed E-state index contributed by atoms with van der Waals surface area (Å²) in [5.74, 6) is -0.370. The van der Waals surface area contributed by atoms with Gasteiger partial charge in [-0.3, -0.25) is 4.79 Å². The average Bonchev–Trinajstić information content (AvgIpc) is 2.10. The quantitative estimate of drug-likeness (QED) is 0.867. The van der Waals surface area contributed by atoms with Gasteiger partial charge in [-0.15, -0.1) is 0 Å². The molecule has 76 valence electrons. The summed E-state index contributed by atoms with van der Waals surface area (Å²) in [5.41, 5.74) is 5.12. The molecule has 0 spiro atoms. The summed E-state index contributed by atoms with van der Waals surface area (Å²) in [4.78, 5) is 10.8. The Hall–Kier alpha value is -1.23. The van der Waals surface area contributed by atoms with Crippen molar-refractivity contribution >= 4 is 21.8 Å². The molecule has 0 saturated heterocycles. The van der Waals surface area contributed by atoms with E-state index in [0.717, 1.165) is 0 Å². The predicted octanol–water partition coefficient (Wildman–Crippen LogP) is 1.65. The van der Waals surface area contributed by atoms with Crippen LogP contribution in [0.2, 0.25) is 0 Å². The highest BCUT2D eigenvalue weighted by Gasteiger charge is 2.12. The van der Waals surface area contributed by atoms with Gasteiger partial charge in [0.25, 0.3) is 5.91 Å². The van der Waals surface area contributed by atoms with Crippen LogP contribution in [-0.4, -0.2) is 17.6 Å². The number of carbonyl (C=O) groups excluding carboxylic acids is 1. The Bertz CT molecular complexity index is 365. The molecular formula is C9H10BrNO3. The number of carbonyl (C=O) groups is 1. The Balaban J connectivity index is 3.17. The van der Waals surface area contributed by atoms with Gasteiger partial charge in [0.15, 0.2) is 0 Å². The van der Waals surface area contributed by atoms with Crippen LogP contribution >= 0.6 is 15.9 Å². The minimum absolute atomic E-state index is 0.0697. The van der Waals surface area contributed by atoms with Crippen LogP contribution in [-0.2, 0) is 0 Å². The molecule has 1 rings (SSSR count). The molecule has 0 bridgehead atoms. The highest BCUT2D eigenvalue weighted by molar-refractivity contribution is 9.10. The van der Waals surface area contributed by atoms with E-state index in [2.05, 4.69) is 15.9 Å². The van der Waals surface area contributed by atoms with Crippen LogP contribution in [0.3, 0.4) is 0 Å². The molecule has 0 heterocycles. The number of primary amides is 1. The van der Waals surface area contributed by atoms with Gasteiger partial charge in [0.2, 0.25) is 0 Å². The lowest BCUT2D eigenvalue weighted by Gasteiger charge is -2.08. The molecule has 0 fully saturated rings. The van der Waals surface area contributed by atoms with Gasteiger partial charge in [-0.25, -0.2) is 0 Å². The zero-order valence-electron chi connectivity index (χ0n) is 7.58. The standard InChI is InChI=1S/C9H10BrNO3/c1-2-14-8-4-7(12)5(9(11)13)3-6(8)10/h3-4,12H,2H2,1H3,(H2,11,13). The molecule has 0 atom stereocenters. The van der Waals surface area contributed by atoms with Crippen molar-refractivity contribution in [3.8, 4) is 11.5 Å². The van der Waals surface area contributed by atoms with E-state index in [4.69, 9.17) is 10.5 Å². The average molecular weight is 260 g/mol. The Morgan fingerprint density at radius 2 is 2.29 bits per heavy atom. The number of ether oxygens (including phenoxy) is 1. The summed E-state index contributed by atoms with van der Waals surface area (Å²) in [6.45, 7) is 2.31. The summed E-state index contributed by atoms with van der Waals surface area (Å²) >= 11 is 3.21. The van der Waals surface area contributed by atoms with Crippen molar-refractivity contribution in [2.24, 2.45) is 5.73 Å². The first-order valence-corrected chi connectivity index (χ1v) is 4.80. The molecule has 1 amide bonds. The molecule has 0 unspecified atom stereocenters. The largest absolute Gasteiger partial charge is 0.507 e. The molecule has 0 aliphatic rings. The van der Waals surface area contributed by atoms with E-state index in [1.807, 2.05) is 6.92 Å². The predicted molar refractivity (Wildman–Crippen MR) is 55.5 cm³/mol. The second kappa shape index (κ2) is 4.32. The second-order valence-corrected chi connectivity index (χ2v) is 3.45. The Morgan fingerprint density at radius 1 is 1.64 bits per heavy atom. The molecular weight excluding hydrogens is 250 g/mol. The molecule has 0 aliphatic carbocycles. The number of amides is 1. The SMILES string of the molecule is CCOc1cc(O)c(C(N)=O)cc1Br. The van der Waals surface area contributed by atoms with Crippen LogP contribution in [0.4, 0.5) is 0 Å². The summed E-state index contributed by atoms with van der Waals surface area (Å²) < 4.78 is 5.78. The summed E-state index contributed by atoms with van der Waals surface area (Å²) in [6.07, 6.45) is 0. The van der Waals surface area contributed by atoms with Gasteiger partial charge in [0, 0.05) is 6.07 Å². The summed E-state index contributed by atoms with van der Waals surface area (Å²) in [6, 6.07) is 2.79. The van der Waals surface area contributed by atoms with Crippen molar-refractivity contribution in [2.75, 3.05) is 6.61 Å². The monoisotopic (exact) mass is 259 g/mol. The number of nitrogens with two attached hydrogens (primary N) is 1. The molecule has 1 aromatic carbocycles. The molecule has 1 aromatic rings. The Kier molecular flexibility index (Phi) is 3.35. The fourth-order valence-corrected chi connectivity index (χ4v) is 1.46. The lowest BCUT2D eigenvalue weighted by atomic mass is 10.2. The first-order chi connectivity index (χ1) is 6.56. The molecule has 3 N–H and O–H groups in total. The highest BCUT2D eigenvalue weighted by Crippen LogP contribution is 2.32. The van der Waals surface area contributed by atoms with Crippen molar-refractivity contribution < 1.29 is 14.6 Å². The number of halogens is 1. The Morgan fingerprint density at radius 3 is 2.79 bits per heavy atom. The van der Waals surface area contributed by atoms with E-state index in [9.17, 15) is 9.90 Å². The van der Waals surface area contributed by atoms with Crippen LogP contribution < -0.4 is 10.5 Å². The third kappa shape index (κ3) is 2.17. The zero-order chi connectivity index (χ0) is 10.7. The molecule has 14 heavy (non-hydrogen) atoms. The molecule has 0 aliphatic heterocycles. The number of hydrogen-bond acceptors (Lipinski definition) is 3. The number of phenols is 1. The van der Waals surface area contributed by atoms with Crippen molar-refractivity contribution in [1.29, 1.82) is 0 Å². The van der Waals surface area contributed by atoms with E-state index in [0.29, 0.717) is 16.8 Å². The summed E-state index contributed by atoms with van der Waals surface area (Å²) in [5, 5.41) is 9.41. The van der Waals surface area contributed by atoms with Crippen LogP contribution in [0.15, 0.2) is 16.6 Å². The highest BCUT2D eigenvalue weighted by atomic mass is 79.9. The first-order valence-electron chi connectivity index (χ1n) is 4.01. The number of rotatable bonds is 3. The zero-order valence-corrected chi connectivity index (χ0v) is 9.17. The molecule has 0 aromatic heterocycles. The third-order valence-corrected chi connectivity index (χ3v) is 2.24. The fourth-order valence-electron chi connectivity index (χ4n) is 1.01. The maximum Gasteiger partial charge on any atom is 0.252 e. The maximum atomic E-state index is 10.8. The van der Waals surface area contributed by atoms with Gasteiger partial charge in [0.05, 0.1) is 16.6 Å². The van der Waals surface area contributed by atoms with E-state index in [1.165, 1.54) is 12.1 Å². The first kappa shape index (κ1) is 10.8. The Labute approximate surface area is 89.8 Å². The molecule has 4 nitrogen and oxygen atoms in total. The van der Waals surface area contributed by atoms with Gasteiger partial charge in [-0.05, 0) is 28.9 Å². The van der Waals surface area contributed by atoms with Crippen molar-refractivity contribution in [3.63, 3.8) is 0 Å². The molecule has 0 radical (unpaired) electrons. The topological polar surface area (TPSA) is 72.6 Å². The fraction of sp³-hybridized carbons (Fsp3) is 0.222. The van der Waals surface area contributed by atoms with Gasteiger partial charge in [-0.1, -0.05) is 0 Å². The second-order valence-electron chi connectivity index (χ2n) is 2.60. The third-order valence-electron chi connectivity index (χ3n) is 1.62. The van der Waals surface area contributed by atoms with Crippen LogP contribution in [0.5, 0.6) is 11.5 Å². The van der Waals surface area contributed by atoms with Crippen molar-refractivity contribution in [2.45, 2.75) is 6.92 Å². The van der Waals surface area contributed by atoms with Crippen molar-refractivity contribution in [3.05, 3.63) is 22.2 Å². The minimum atomic E-state index is -0.675. The van der Waals surface area contributed by atoms with E-state index in [1.54, 1.807) is 0 Å². The lowest BCUT2D eigenvalue weighted by Crippen LogP contribution is -2.11. The number of aromatic hydroxyl groups is 1. The van der Waals surface area contributed by atoms with Gasteiger partial charge in [0.1, 0.15) is 11.5 Å². The summed E-state index contributed by atoms with van der Waals surface area (Å²) in [7, 11) is 0. The van der Waals surface area contributed by atoms with Crippen molar-refractivity contribution in [1.82, 2.24) is 0 Å². The van der Waals surface area contributed by atoms with E-state index < -0.39 is 5.91 Å². The van der Waals surface area contributed by atoms with Crippen LogP contribution in [0.25, 0.3) is 0 Å². The number of benzene rings is 1. The van der Waals surface area contributed by atoms with Gasteiger partial charge in [-0.2, -0.15) is 0 Å². The van der Waals surface area contributed by atoms with E-state index in [-0.39, 0.29) is 11.3 Å². The lowest BCUT2D eigenvalue weighted by molar-refractivity contribution is 0.0997. The van der Waals surface area contributed by atoms with Crippen LogP contribution in [0.1, 0.15) is 17.3 Å². The molecule has 5 heteroatoms.